The van der Waals surface area contributed by atoms with Crippen molar-refractivity contribution < 1.29 is 14.3 Å². The molecule has 1 aliphatic carbocycles. The number of carbonyl (C=O) groups is 1. The van der Waals surface area contributed by atoms with Crippen LogP contribution in [-0.2, 0) is 29.6 Å². The number of phenols is 1. The summed E-state index contributed by atoms with van der Waals surface area (Å²) >= 11 is 0. The molecular formula is C34H43N3O3. The lowest BCUT2D eigenvalue weighted by molar-refractivity contribution is -0.123. The van der Waals surface area contributed by atoms with Gasteiger partial charge in [-0.1, -0.05) is 43.3 Å². The highest BCUT2D eigenvalue weighted by Gasteiger charge is 2.51. The van der Waals surface area contributed by atoms with Crippen molar-refractivity contribution in [2.24, 2.45) is 5.92 Å². The molecule has 0 radical (unpaired) electrons. The number of hydrogen-bond donors (Lipinski definition) is 2. The summed E-state index contributed by atoms with van der Waals surface area (Å²) in [4.78, 5) is 18.3. The van der Waals surface area contributed by atoms with Crippen molar-refractivity contribution in [2.45, 2.75) is 75.9 Å². The van der Waals surface area contributed by atoms with Crippen molar-refractivity contribution >= 4 is 5.91 Å². The van der Waals surface area contributed by atoms with E-state index in [1.807, 2.05) is 18.2 Å². The molecule has 6 nitrogen and oxygen atoms in total. The normalized spacial score (nSPS) is 26.8. The molecule has 2 N–H and O–H groups in total. The highest BCUT2D eigenvalue weighted by Crippen LogP contribution is 2.50. The SMILES string of the molecule is CC1CN(CCCc2ccco2)C2C[C@H](NC(=O)CCN3CCc4ccccc4C3)CC1(c1cccc(O)c1)C2. The third kappa shape index (κ3) is 5.84. The van der Waals surface area contributed by atoms with Crippen LogP contribution in [0.15, 0.2) is 71.3 Å². The maximum atomic E-state index is 13.3. The zero-order valence-corrected chi connectivity index (χ0v) is 23.7. The molecule has 1 amide bonds. The number of hydrogen-bond acceptors (Lipinski definition) is 5. The molecule has 2 aliphatic heterocycles. The Morgan fingerprint density at radius 1 is 1.07 bits per heavy atom. The second-order valence-electron chi connectivity index (χ2n) is 12.4. The van der Waals surface area contributed by atoms with Gasteiger partial charge in [0.2, 0.25) is 5.91 Å². The molecule has 1 saturated heterocycles. The average Bonchev–Trinajstić information content (AvgIpc) is 3.48. The number of benzene rings is 2. The van der Waals surface area contributed by atoms with Gasteiger partial charge in [0.05, 0.1) is 6.26 Å². The molecule has 40 heavy (non-hydrogen) atoms. The van der Waals surface area contributed by atoms with E-state index in [9.17, 15) is 9.90 Å². The van der Waals surface area contributed by atoms with Crippen LogP contribution in [0.25, 0.3) is 0 Å². The third-order valence-corrected chi connectivity index (χ3v) is 9.83. The van der Waals surface area contributed by atoms with E-state index in [1.54, 1.807) is 12.3 Å². The lowest BCUT2D eigenvalue weighted by Gasteiger charge is -2.56. The van der Waals surface area contributed by atoms with Crippen molar-refractivity contribution in [1.29, 1.82) is 0 Å². The van der Waals surface area contributed by atoms with Gasteiger partial charge in [-0.15, -0.1) is 0 Å². The summed E-state index contributed by atoms with van der Waals surface area (Å²) in [6.07, 6.45) is 8.33. The topological polar surface area (TPSA) is 69.0 Å². The number of fused-ring (bicyclic) bond motifs is 3. The molecule has 4 atom stereocenters. The van der Waals surface area contributed by atoms with E-state index in [-0.39, 0.29) is 17.4 Å². The fraction of sp³-hybridized carbons (Fsp3) is 0.500. The van der Waals surface area contributed by atoms with E-state index >= 15 is 0 Å². The minimum Gasteiger partial charge on any atom is -0.508 e. The quantitative estimate of drug-likeness (QED) is 0.385. The Hall–Kier alpha value is -3.09. The molecule has 1 aromatic heterocycles. The number of phenolic OH excluding ortho intramolecular Hbond substituents is 1. The highest BCUT2D eigenvalue weighted by atomic mass is 16.3. The fourth-order valence-electron chi connectivity index (χ4n) is 7.73. The first-order valence-electron chi connectivity index (χ1n) is 15.1. The number of furan rings is 1. The summed E-state index contributed by atoms with van der Waals surface area (Å²) < 4.78 is 5.56. The number of carbonyl (C=O) groups excluding carboxylic acids is 1. The van der Waals surface area contributed by atoms with Crippen LogP contribution in [0.4, 0.5) is 0 Å². The fourth-order valence-corrected chi connectivity index (χ4v) is 7.73. The molecule has 2 fully saturated rings. The Kier molecular flexibility index (Phi) is 7.99. The molecule has 2 aromatic carbocycles. The van der Waals surface area contributed by atoms with Crippen molar-refractivity contribution in [3.63, 3.8) is 0 Å². The predicted molar refractivity (Wildman–Crippen MR) is 157 cm³/mol. The van der Waals surface area contributed by atoms with Crippen molar-refractivity contribution in [2.75, 3.05) is 26.2 Å². The number of rotatable bonds is 9. The van der Waals surface area contributed by atoms with E-state index < -0.39 is 0 Å². The molecule has 2 bridgehead atoms. The number of aromatic hydroxyl groups is 1. The van der Waals surface area contributed by atoms with Crippen LogP contribution < -0.4 is 5.32 Å². The van der Waals surface area contributed by atoms with Crippen LogP contribution in [0.2, 0.25) is 0 Å². The van der Waals surface area contributed by atoms with E-state index in [1.165, 1.54) is 16.7 Å². The van der Waals surface area contributed by atoms with Crippen LogP contribution in [0, 0.1) is 5.92 Å². The van der Waals surface area contributed by atoms with Crippen LogP contribution in [0.3, 0.4) is 0 Å². The van der Waals surface area contributed by atoms with Gasteiger partial charge in [-0.25, -0.2) is 0 Å². The van der Waals surface area contributed by atoms with Crippen LogP contribution >= 0.6 is 0 Å². The van der Waals surface area contributed by atoms with Crippen LogP contribution in [0.1, 0.15) is 61.5 Å². The summed E-state index contributed by atoms with van der Waals surface area (Å²) in [5.41, 5.74) is 4.00. The van der Waals surface area contributed by atoms with Gasteiger partial charge in [-0.2, -0.15) is 0 Å². The summed E-state index contributed by atoms with van der Waals surface area (Å²) in [6, 6.07) is 21.1. The first kappa shape index (κ1) is 27.1. The van der Waals surface area contributed by atoms with Crippen molar-refractivity contribution in [3.8, 4) is 5.75 Å². The van der Waals surface area contributed by atoms with Gasteiger partial charge in [0.15, 0.2) is 0 Å². The van der Waals surface area contributed by atoms with E-state index in [0.29, 0.717) is 24.1 Å². The summed E-state index contributed by atoms with van der Waals surface area (Å²) in [5, 5.41) is 13.8. The zero-order valence-electron chi connectivity index (χ0n) is 23.7. The van der Waals surface area contributed by atoms with Crippen LogP contribution in [0.5, 0.6) is 5.75 Å². The largest absolute Gasteiger partial charge is 0.508 e. The number of amides is 1. The third-order valence-electron chi connectivity index (χ3n) is 9.83. The van der Waals surface area contributed by atoms with Gasteiger partial charge in [-0.3, -0.25) is 14.6 Å². The van der Waals surface area contributed by atoms with Gasteiger partial charge >= 0.3 is 0 Å². The molecule has 6 heteroatoms. The molecule has 3 unspecified atom stereocenters. The Bertz CT molecular complexity index is 1290. The van der Waals surface area contributed by atoms with Gasteiger partial charge in [0.25, 0.3) is 0 Å². The number of piperidine rings is 1. The van der Waals surface area contributed by atoms with Crippen molar-refractivity contribution in [1.82, 2.24) is 15.1 Å². The first-order valence-corrected chi connectivity index (χ1v) is 15.1. The number of aryl methyl sites for hydroxylation is 1. The van der Waals surface area contributed by atoms with Crippen molar-refractivity contribution in [3.05, 3.63) is 89.4 Å². The van der Waals surface area contributed by atoms with Crippen LogP contribution in [-0.4, -0.2) is 59.1 Å². The highest BCUT2D eigenvalue weighted by molar-refractivity contribution is 5.76. The number of nitrogens with one attached hydrogen (secondary N) is 1. The molecule has 3 aromatic rings. The Morgan fingerprint density at radius 3 is 2.77 bits per heavy atom. The standard InChI is InChI=1S/C34H43N3O3/c1-25-23-37(15-5-11-32-12-6-18-40-32)30-20-29(21-34(25,22-30)28-9-4-10-31(38)19-28)35-33(39)14-17-36-16-13-26-7-2-3-8-27(26)24-36/h2-4,6-10,12,18-19,25,29-30,38H,5,11,13-17,20-24H2,1H3,(H,35,39)/t25?,29-,30?,34?/m0/s1. The second-order valence-corrected chi connectivity index (χ2v) is 12.4. The smallest absolute Gasteiger partial charge is 0.221 e. The minimum absolute atomic E-state index is 0.0479. The Balaban J connectivity index is 1.12. The second kappa shape index (κ2) is 11.8. The molecule has 0 spiro atoms. The predicted octanol–water partition coefficient (Wildman–Crippen LogP) is 5.29. The van der Waals surface area contributed by atoms with Gasteiger partial charge < -0.3 is 14.8 Å². The Labute approximate surface area is 238 Å². The molecule has 1 saturated carbocycles. The maximum Gasteiger partial charge on any atom is 0.221 e. The minimum atomic E-state index is -0.0479. The van der Waals surface area contributed by atoms with E-state index in [2.05, 4.69) is 58.4 Å². The van der Waals surface area contributed by atoms with E-state index in [4.69, 9.17) is 4.42 Å². The van der Waals surface area contributed by atoms with E-state index in [0.717, 1.165) is 77.0 Å². The number of likely N-dealkylation sites (tertiary alicyclic amines) is 1. The van der Waals surface area contributed by atoms with Gasteiger partial charge in [0, 0.05) is 56.5 Å². The molecule has 212 valence electrons. The van der Waals surface area contributed by atoms with Gasteiger partial charge in [0.1, 0.15) is 11.5 Å². The first-order chi connectivity index (χ1) is 19.5. The molecule has 6 rings (SSSR count). The summed E-state index contributed by atoms with van der Waals surface area (Å²) in [6.45, 7) is 7.17. The summed E-state index contributed by atoms with van der Waals surface area (Å²) in [7, 11) is 0. The maximum absolute atomic E-state index is 13.3. The monoisotopic (exact) mass is 541 g/mol. The average molecular weight is 542 g/mol. The van der Waals surface area contributed by atoms with Gasteiger partial charge in [-0.05, 0) is 85.5 Å². The lowest BCUT2D eigenvalue weighted by Crippen LogP contribution is -2.61. The number of nitrogens with zero attached hydrogens (tertiary/aromatic N) is 2. The zero-order chi connectivity index (χ0) is 27.5. The lowest BCUT2D eigenvalue weighted by atomic mass is 9.57. The molecular weight excluding hydrogens is 498 g/mol. The summed E-state index contributed by atoms with van der Waals surface area (Å²) in [5.74, 6) is 1.95. The molecule has 3 heterocycles. The molecule has 3 aliphatic rings. The Morgan fingerprint density at radius 2 is 1.95 bits per heavy atom.